The zero-order valence-corrected chi connectivity index (χ0v) is 12.8. The standard InChI is InChI=1S/C17H24N2O3/c20-12-16(21)14-5-8-18(9-6-14)11-17(22)19-10-7-13-3-1-2-4-15(13)19/h1-4,14,16,20-21H,5-12H2. The Hall–Kier alpha value is -1.43. The number of carbonyl (C=O) groups is 1. The Morgan fingerprint density at radius 2 is 1.95 bits per heavy atom. The zero-order chi connectivity index (χ0) is 15.5. The average molecular weight is 304 g/mol. The molecule has 2 heterocycles. The van der Waals surface area contributed by atoms with Crippen molar-refractivity contribution in [2.24, 2.45) is 5.92 Å². The van der Waals surface area contributed by atoms with E-state index in [0.717, 1.165) is 44.6 Å². The predicted octanol–water partition coefficient (Wildman–Crippen LogP) is 0.641. The van der Waals surface area contributed by atoms with Gasteiger partial charge in [0, 0.05) is 12.2 Å². The van der Waals surface area contributed by atoms with Crippen LogP contribution in [0.3, 0.4) is 0 Å². The highest BCUT2D eigenvalue weighted by molar-refractivity contribution is 5.96. The van der Waals surface area contributed by atoms with E-state index < -0.39 is 6.10 Å². The molecular formula is C17H24N2O3. The van der Waals surface area contributed by atoms with Gasteiger partial charge in [0.25, 0.3) is 0 Å². The molecule has 1 atom stereocenters. The molecule has 0 spiro atoms. The first kappa shape index (κ1) is 15.5. The van der Waals surface area contributed by atoms with Crippen molar-refractivity contribution in [3.63, 3.8) is 0 Å². The maximum Gasteiger partial charge on any atom is 0.241 e. The van der Waals surface area contributed by atoms with E-state index in [1.807, 2.05) is 23.1 Å². The van der Waals surface area contributed by atoms with Crippen LogP contribution in [-0.2, 0) is 11.2 Å². The summed E-state index contributed by atoms with van der Waals surface area (Å²) < 4.78 is 0. The van der Waals surface area contributed by atoms with Crippen molar-refractivity contribution in [1.82, 2.24) is 4.90 Å². The smallest absolute Gasteiger partial charge is 0.241 e. The lowest BCUT2D eigenvalue weighted by molar-refractivity contribution is -0.120. The van der Waals surface area contributed by atoms with Crippen LogP contribution in [0.2, 0.25) is 0 Å². The summed E-state index contributed by atoms with van der Waals surface area (Å²) in [4.78, 5) is 16.6. The molecular weight excluding hydrogens is 280 g/mol. The lowest BCUT2D eigenvalue weighted by Gasteiger charge is -2.34. The van der Waals surface area contributed by atoms with Crippen molar-refractivity contribution in [3.05, 3.63) is 29.8 Å². The summed E-state index contributed by atoms with van der Waals surface area (Å²) in [6.07, 6.45) is 1.99. The molecule has 0 radical (unpaired) electrons. The van der Waals surface area contributed by atoms with Gasteiger partial charge >= 0.3 is 0 Å². The first-order valence-electron chi connectivity index (χ1n) is 8.08. The Labute approximate surface area is 131 Å². The molecule has 2 aliphatic rings. The average Bonchev–Trinajstić information content (AvgIpc) is 2.99. The monoisotopic (exact) mass is 304 g/mol. The van der Waals surface area contributed by atoms with Crippen molar-refractivity contribution >= 4 is 11.6 Å². The maximum absolute atomic E-state index is 12.5. The number of likely N-dealkylation sites (tertiary alicyclic amines) is 1. The number of aliphatic hydroxyl groups excluding tert-OH is 2. The first-order valence-corrected chi connectivity index (χ1v) is 8.08. The Balaban J connectivity index is 1.54. The number of hydrogen-bond acceptors (Lipinski definition) is 4. The van der Waals surface area contributed by atoms with Gasteiger partial charge in [-0.2, -0.15) is 0 Å². The van der Waals surface area contributed by atoms with Crippen LogP contribution in [0.1, 0.15) is 18.4 Å². The Kier molecular flexibility index (Phi) is 4.76. The van der Waals surface area contributed by atoms with Crippen LogP contribution in [0.25, 0.3) is 0 Å². The topological polar surface area (TPSA) is 64.0 Å². The van der Waals surface area contributed by atoms with Crippen molar-refractivity contribution in [2.75, 3.05) is 37.7 Å². The second kappa shape index (κ2) is 6.77. The molecule has 2 N–H and O–H groups in total. The number of aliphatic hydroxyl groups is 2. The summed E-state index contributed by atoms with van der Waals surface area (Å²) in [6, 6.07) is 8.10. The third-order valence-electron chi connectivity index (χ3n) is 4.91. The van der Waals surface area contributed by atoms with Gasteiger partial charge in [0.15, 0.2) is 0 Å². The number of anilines is 1. The van der Waals surface area contributed by atoms with Crippen molar-refractivity contribution < 1.29 is 15.0 Å². The first-order chi connectivity index (χ1) is 10.7. The van der Waals surface area contributed by atoms with Gasteiger partial charge in [-0.25, -0.2) is 0 Å². The lowest BCUT2D eigenvalue weighted by Crippen LogP contribution is -2.44. The quantitative estimate of drug-likeness (QED) is 0.857. The SMILES string of the molecule is O=C(CN1CCC(C(O)CO)CC1)N1CCc2ccccc21. The molecule has 0 aromatic heterocycles. The van der Waals surface area contributed by atoms with Gasteiger partial charge in [-0.1, -0.05) is 18.2 Å². The molecule has 1 amide bonds. The van der Waals surface area contributed by atoms with Crippen LogP contribution in [0.4, 0.5) is 5.69 Å². The van der Waals surface area contributed by atoms with Crippen molar-refractivity contribution in [2.45, 2.75) is 25.4 Å². The molecule has 2 aliphatic heterocycles. The van der Waals surface area contributed by atoms with Crippen LogP contribution >= 0.6 is 0 Å². The van der Waals surface area contributed by atoms with Gasteiger partial charge in [0.1, 0.15) is 0 Å². The Morgan fingerprint density at radius 1 is 1.23 bits per heavy atom. The number of hydrogen-bond donors (Lipinski definition) is 2. The number of amides is 1. The van der Waals surface area contributed by atoms with Crippen molar-refractivity contribution in [3.8, 4) is 0 Å². The van der Waals surface area contributed by atoms with Crippen LogP contribution in [0.5, 0.6) is 0 Å². The summed E-state index contributed by atoms with van der Waals surface area (Å²) in [5.41, 5.74) is 2.30. The van der Waals surface area contributed by atoms with Gasteiger partial charge in [-0.05, 0) is 49.9 Å². The molecule has 5 heteroatoms. The minimum atomic E-state index is -0.622. The number of para-hydroxylation sites is 1. The molecule has 1 fully saturated rings. The van der Waals surface area contributed by atoms with E-state index in [0.29, 0.717) is 6.54 Å². The van der Waals surface area contributed by atoms with Crippen LogP contribution < -0.4 is 4.90 Å². The molecule has 3 rings (SSSR count). The molecule has 1 aromatic rings. The third-order valence-corrected chi connectivity index (χ3v) is 4.91. The van der Waals surface area contributed by atoms with E-state index in [1.165, 1.54) is 5.56 Å². The molecule has 1 unspecified atom stereocenters. The largest absolute Gasteiger partial charge is 0.394 e. The summed E-state index contributed by atoms with van der Waals surface area (Å²) >= 11 is 0. The van der Waals surface area contributed by atoms with Crippen LogP contribution in [0, 0.1) is 5.92 Å². The number of fused-ring (bicyclic) bond motifs is 1. The third kappa shape index (κ3) is 3.16. The minimum absolute atomic E-state index is 0.156. The fourth-order valence-electron chi connectivity index (χ4n) is 3.52. The molecule has 5 nitrogen and oxygen atoms in total. The van der Waals surface area contributed by atoms with Gasteiger partial charge in [0.05, 0.1) is 19.3 Å². The molecule has 1 saturated heterocycles. The van der Waals surface area contributed by atoms with E-state index in [-0.39, 0.29) is 18.4 Å². The number of piperidine rings is 1. The van der Waals surface area contributed by atoms with E-state index in [9.17, 15) is 9.90 Å². The summed E-state index contributed by atoms with van der Waals surface area (Å²) in [5.74, 6) is 0.315. The fraction of sp³-hybridized carbons (Fsp3) is 0.588. The van der Waals surface area contributed by atoms with E-state index in [1.54, 1.807) is 0 Å². The predicted molar refractivity (Wildman–Crippen MR) is 84.8 cm³/mol. The number of rotatable bonds is 4. The summed E-state index contributed by atoms with van der Waals surface area (Å²) in [5, 5.41) is 18.7. The van der Waals surface area contributed by atoms with E-state index >= 15 is 0 Å². The Bertz CT molecular complexity index is 526. The number of carbonyl (C=O) groups excluding carboxylic acids is 1. The van der Waals surface area contributed by atoms with Gasteiger partial charge < -0.3 is 15.1 Å². The van der Waals surface area contributed by atoms with Gasteiger partial charge in [0.2, 0.25) is 5.91 Å². The highest BCUT2D eigenvalue weighted by Gasteiger charge is 2.29. The number of nitrogens with zero attached hydrogens (tertiary/aromatic N) is 2. The molecule has 120 valence electrons. The summed E-state index contributed by atoms with van der Waals surface area (Å²) in [6.45, 7) is 2.66. The van der Waals surface area contributed by atoms with Crippen LogP contribution in [-0.4, -0.2) is 59.9 Å². The highest BCUT2D eigenvalue weighted by atomic mass is 16.3. The molecule has 0 aliphatic carbocycles. The van der Waals surface area contributed by atoms with E-state index in [4.69, 9.17) is 5.11 Å². The Morgan fingerprint density at radius 3 is 2.68 bits per heavy atom. The van der Waals surface area contributed by atoms with Gasteiger partial charge in [-0.15, -0.1) is 0 Å². The zero-order valence-electron chi connectivity index (χ0n) is 12.8. The minimum Gasteiger partial charge on any atom is -0.394 e. The summed E-state index contributed by atoms with van der Waals surface area (Å²) in [7, 11) is 0. The molecule has 1 aromatic carbocycles. The fourth-order valence-corrected chi connectivity index (χ4v) is 3.52. The lowest BCUT2D eigenvalue weighted by atomic mass is 9.91. The molecule has 0 saturated carbocycles. The maximum atomic E-state index is 12.5. The van der Waals surface area contributed by atoms with Crippen molar-refractivity contribution in [1.29, 1.82) is 0 Å². The second-order valence-electron chi connectivity index (χ2n) is 6.29. The normalized spacial score (nSPS) is 20.9. The molecule has 22 heavy (non-hydrogen) atoms. The van der Waals surface area contributed by atoms with Gasteiger partial charge in [-0.3, -0.25) is 9.69 Å². The molecule has 0 bridgehead atoms. The second-order valence-corrected chi connectivity index (χ2v) is 6.29. The number of benzene rings is 1. The van der Waals surface area contributed by atoms with Crippen LogP contribution in [0.15, 0.2) is 24.3 Å². The van der Waals surface area contributed by atoms with E-state index in [2.05, 4.69) is 11.0 Å². The highest BCUT2D eigenvalue weighted by Crippen LogP contribution is 2.28.